The van der Waals surface area contributed by atoms with Crippen molar-refractivity contribution in [2.75, 3.05) is 12.4 Å². The lowest BCUT2D eigenvalue weighted by Gasteiger charge is -2.14. The van der Waals surface area contributed by atoms with Crippen molar-refractivity contribution in [2.24, 2.45) is 0 Å². The van der Waals surface area contributed by atoms with E-state index in [-0.39, 0.29) is 12.0 Å². The standard InChI is InChI=1S/C29H28N2O4/c1-17(2)35-29(33)20-9-11-22(12-10-20)30-28(32)25-16-26(21-7-6-8-23(15-21)34-5)31-27-19(4)13-18(3)14-24(25)27/h6-17H,1-5H3,(H,30,32). The van der Waals surface area contributed by atoms with Gasteiger partial charge in [-0.05, 0) is 81.8 Å². The third-order valence-electron chi connectivity index (χ3n) is 5.58. The van der Waals surface area contributed by atoms with E-state index in [0.717, 1.165) is 27.6 Å². The first-order chi connectivity index (χ1) is 16.7. The van der Waals surface area contributed by atoms with Crippen molar-refractivity contribution in [1.82, 2.24) is 4.98 Å². The summed E-state index contributed by atoms with van der Waals surface area (Å²) in [6, 6.07) is 20.1. The Bertz CT molecular complexity index is 1410. The Labute approximate surface area is 204 Å². The van der Waals surface area contributed by atoms with Crippen LogP contribution in [0, 0.1) is 13.8 Å². The molecule has 0 aliphatic heterocycles. The number of hydrogen-bond donors (Lipinski definition) is 1. The van der Waals surface area contributed by atoms with Crippen LogP contribution in [0.3, 0.4) is 0 Å². The molecule has 0 radical (unpaired) electrons. The molecule has 1 N–H and O–H groups in total. The third-order valence-corrected chi connectivity index (χ3v) is 5.58. The number of ether oxygens (including phenoxy) is 2. The highest BCUT2D eigenvalue weighted by atomic mass is 16.5. The molecule has 0 spiro atoms. The number of amides is 1. The Morgan fingerprint density at radius 3 is 2.37 bits per heavy atom. The van der Waals surface area contributed by atoms with Gasteiger partial charge in [-0.15, -0.1) is 0 Å². The topological polar surface area (TPSA) is 77.5 Å². The van der Waals surface area contributed by atoms with E-state index < -0.39 is 5.97 Å². The molecule has 4 aromatic rings. The molecule has 1 aromatic heterocycles. The van der Waals surface area contributed by atoms with Crippen LogP contribution in [0.1, 0.15) is 45.7 Å². The number of pyridine rings is 1. The van der Waals surface area contributed by atoms with Gasteiger partial charge in [-0.25, -0.2) is 9.78 Å². The SMILES string of the molecule is COc1cccc(-c2cc(C(=O)Nc3ccc(C(=O)OC(C)C)cc3)c3cc(C)cc(C)c3n2)c1. The summed E-state index contributed by atoms with van der Waals surface area (Å²) in [7, 11) is 1.62. The molecule has 0 saturated carbocycles. The van der Waals surface area contributed by atoms with Crippen LogP contribution in [0.4, 0.5) is 5.69 Å². The maximum Gasteiger partial charge on any atom is 0.338 e. The number of carbonyl (C=O) groups is 2. The average Bonchev–Trinajstić information content (AvgIpc) is 2.83. The van der Waals surface area contributed by atoms with Crippen LogP contribution in [0.15, 0.2) is 66.7 Å². The van der Waals surface area contributed by atoms with Crippen LogP contribution in [-0.2, 0) is 4.74 Å². The molecular formula is C29H28N2O4. The summed E-state index contributed by atoms with van der Waals surface area (Å²) in [5, 5.41) is 3.74. The highest BCUT2D eigenvalue weighted by Gasteiger charge is 2.17. The lowest BCUT2D eigenvalue weighted by Crippen LogP contribution is -2.14. The lowest BCUT2D eigenvalue weighted by atomic mass is 9.99. The molecule has 0 bridgehead atoms. The number of nitrogens with one attached hydrogen (secondary N) is 1. The van der Waals surface area contributed by atoms with E-state index >= 15 is 0 Å². The molecule has 0 fully saturated rings. The number of esters is 1. The first-order valence-electron chi connectivity index (χ1n) is 11.4. The van der Waals surface area contributed by atoms with Crippen molar-refractivity contribution in [2.45, 2.75) is 33.8 Å². The molecule has 0 aliphatic carbocycles. The summed E-state index contributed by atoms with van der Waals surface area (Å²) in [5.41, 5.74) is 5.87. The smallest absolute Gasteiger partial charge is 0.338 e. The van der Waals surface area contributed by atoms with Crippen LogP contribution in [0.25, 0.3) is 22.2 Å². The van der Waals surface area contributed by atoms with Gasteiger partial charge in [0.2, 0.25) is 0 Å². The first kappa shape index (κ1) is 24.0. The Morgan fingerprint density at radius 1 is 0.943 bits per heavy atom. The summed E-state index contributed by atoms with van der Waals surface area (Å²) in [5.74, 6) is 0.0584. The van der Waals surface area contributed by atoms with Crippen molar-refractivity contribution >= 4 is 28.5 Å². The van der Waals surface area contributed by atoms with Crippen molar-refractivity contribution in [3.05, 3.63) is 89.0 Å². The van der Waals surface area contributed by atoms with Gasteiger partial charge in [0.1, 0.15) is 5.75 Å². The fraction of sp³-hybridized carbons (Fsp3) is 0.207. The zero-order valence-electron chi connectivity index (χ0n) is 20.5. The molecule has 0 atom stereocenters. The van der Waals surface area contributed by atoms with Crippen LogP contribution < -0.4 is 10.1 Å². The first-order valence-corrected chi connectivity index (χ1v) is 11.4. The van der Waals surface area contributed by atoms with E-state index in [1.54, 1.807) is 51.3 Å². The van der Waals surface area contributed by atoms with E-state index in [4.69, 9.17) is 14.5 Å². The number of benzene rings is 3. The number of aryl methyl sites for hydroxylation is 2. The van der Waals surface area contributed by atoms with Gasteiger partial charge in [-0.2, -0.15) is 0 Å². The van der Waals surface area contributed by atoms with E-state index in [1.807, 2.05) is 44.2 Å². The Hall–Kier alpha value is -4.19. The zero-order chi connectivity index (χ0) is 25.1. The maximum absolute atomic E-state index is 13.5. The van der Waals surface area contributed by atoms with Gasteiger partial charge in [0.05, 0.1) is 35.6 Å². The maximum atomic E-state index is 13.5. The normalized spacial score (nSPS) is 10.9. The predicted molar refractivity (Wildman–Crippen MR) is 138 cm³/mol. The van der Waals surface area contributed by atoms with E-state index in [2.05, 4.69) is 11.4 Å². The van der Waals surface area contributed by atoms with E-state index in [9.17, 15) is 9.59 Å². The molecule has 178 valence electrons. The number of anilines is 1. The van der Waals surface area contributed by atoms with Gasteiger partial charge in [0.25, 0.3) is 5.91 Å². The monoisotopic (exact) mass is 468 g/mol. The van der Waals surface area contributed by atoms with Gasteiger partial charge in [0, 0.05) is 16.6 Å². The quantitative estimate of drug-likeness (QED) is 0.334. The largest absolute Gasteiger partial charge is 0.497 e. The Balaban J connectivity index is 1.73. The summed E-state index contributed by atoms with van der Waals surface area (Å²) in [6.45, 7) is 7.59. The second-order valence-electron chi connectivity index (χ2n) is 8.75. The minimum absolute atomic E-state index is 0.201. The number of carbonyl (C=O) groups excluding carboxylic acids is 2. The van der Waals surface area contributed by atoms with Crippen LogP contribution in [-0.4, -0.2) is 30.1 Å². The number of methoxy groups -OCH3 is 1. The Kier molecular flexibility index (Phi) is 6.82. The second kappa shape index (κ2) is 9.97. The molecule has 6 nitrogen and oxygen atoms in total. The highest BCUT2D eigenvalue weighted by Crippen LogP contribution is 2.30. The van der Waals surface area contributed by atoms with Crippen molar-refractivity contribution in [1.29, 1.82) is 0 Å². The molecule has 3 aromatic carbocycles. The summed E-state index contributed by atoms with van der Waals surface area (Å²) >= 11 is 0. The molecular weight excluding hydrogens is 440 g/mol. The molecule has 0 unspecified atom stereocenters. The molecule has 1 amide bonds. The second-order valence-corrected chi connectivity index (χ2v) is 8.75. The van der Waals surface area contributed by atoms with Gasteiger partial charge in [-0.3, -0.25) is 4.79 Å². The molecule has 1 heterocycles. The fourth-order valence-electron chi connectivity index (χ4n) is 3.97. The number of hydrogen-bond acceptors (Lipinski definition) is 5. The van der Waals surface area contributed by atoms with Gasteiger partial charge >= 0.3 is 5.97 Å². The van der Waals surface area contributed by atoms with Gasteiger partial charge in [-0.1, -0.05) is 23.8 Å². The number of nitrogens with zero attached hydrogens (tertiary/aromatic N) is 1. The van der Waals surface area contributed by atoms with Crippen molar-refractivity contribution < 1.29 is 19.1 Å². The molecule has 0 aliphatic rings. The van der Waals surface area contributed by atoms with Crippen molar-refractivity contribution in [3.63, 3.8) is 0 Å². The lowest BCUT2D eigenvalue weighted by molar-refractivity contribution is 0.0378. The Morgan fingerprint density at radius 2 is 1.69 bits per heavy atom. The summed E-state index contributed by atoms with van der Waals surface area (Å²) in [4.78, 5) is 30.5. The van der Waals surface area contributed by atoms with Crippen molar-refractivity contribution in [3.8, 4) is 17.0 Å². The highest BCUT2D eigenvalue weighted by molar-refractivity contribution is 6.13. The van der Waals surface area contributed by atoms with E-state index in [1.165, 1.54) is 0 Å². The zero-order valence-corrected chi connectivity index (χ0v) is 20.5. The van der Waals surface area contributed by atoms with E-state index in [0.29, 0.717) is 28.3 Å². The summed E-state index contributed by atoms with van der Waals surface area (Å²) in [6.07, 6.45) is -0.201. The molecule has 35 heavy (non-hydrogen) atoms. The van der Waals surface area contributed by atoms with Crippen LogP contribution in [0.5, 0.6) is 5.75 Å². The fourth-order valence-corrected chi connectivity index (χ4v) is 3.97. The van der Waals surface area contributed by atoms with Crippen LogP contribution in [0.2, 0.25) is 0 Å². The van der Waals surface area contributed by atoms with Gasteiger partial charge in [0.15, 0.2) is 0 Å². The third kappa shape index (κ3) is 5.32. The molecule has 6 heteroatoms. The number of fused-ring (bicyclic) bond motifs is 1. The predicted octanol–water partition coefficient (Wildman–Crippen LogP) is 6.34. The minimum atomic E-state index is -0.396. The minimum Gasteiger partial charge on any atom is -0.497 e. The van der Waals surface area contributed by atoms with Crippen LogP contribution >= 0.6 is 0 Å². The average molecular weight is 469 g/mol. The molecule has 4 rings (SSSR count). The number of rotatable bonds is 6. The van der Waals surface area contributed by atoms with Gasteiger partial charge < -0.3 is 14.8 Å². The number of aromatic nitrogens is 1. The summed E-state index contributed by atoms with van der Waals surface area (Å²) < 4.78 is 10.6. The molecule has 0 saturated heterocycles.